The predicted octanol–water partition coefficient (Wildman–Crippen LogP) is 3.26. The Bertz CT molecular complexity index is 958. The van der Waals surface area contributed by atoms with Gasteiger partial charge < -0.3 is 20.3 Å². The second kappa shape index (κ2) is 7.95. The summed E-state index contributed by atoms with van der Waals surface area (Å²) in [5, 5.41) is 5.54. The smallest absolute Gasteiger partial charge is 0.319 e. The minimum Gasteiger partial charge on any atom is -0.468 e. The monoisotopic (exact) mass is 395 g/mol. The number of fused-ring (bicyclic) bond motifs is 1. The first kappa shape index (κ1) is 19.0. The van der Waals surface area contributed by atoms with Crippen molar-refractivity contribution >= 4 is 17.7 Å². The van der Waals surface area contributed by atoms with Crippen molar-refractivity contribution in [2.24, 2.45) is 5.92 Å². The number of anilines is 1. The van der Waals surface area contributed by atoms with Gasteiger partial charge in [0, 0.05) is 18.4 Å². The lowest BCUT2D eigenvalue weighted by Crippen LogP contribution is -2.52. The number of aryl methyl sites for hydroxylation is 1. The number of rotatable bonds is 3. The van der Waals surface area contributed by atoms with E-state index < -0.39 is 24.0 Å². The fourth-order valence-electron chi connectivity index (χ4n) is 3.96. The number of hydrogen-bond acceptors (Lipinski definition) is 4. The van der Waals surface area contributed by atoms with Crippen molar-refractivity contribution < 1.29 is 18.7 Å². The molecule has 1 fully saturated rings. The Labute approximate surface area is 168 Å². The molecule has 0 spiro atoms. The van der Waals surface area contributed by atoms with Gasteiger partial charge in [-0.15, -0.1) is 0 Å². The molecular weight excluding hydrogens is 373 g/mol. The molecule has 0 unspecified atom stereocenters. The lowest BCUT2D eigenvalue weighted by Gasteiger charge is -2.36. The van der Waals surface area contributed by atoms with E-state index in [1.54, 1.807) is 12.1 Å². The van der Waals surface area contributed by atoms with Gasteiger partial charge in [0.15, 0.2) is 0 Å². The molecule has 0 saturated carbocycles. The lowest BCUT2D eigenvalue weighted by atomic mass is 9.88. The van der Waals surface area contributed by atoms with Gasteiger partial charge in [-0.05, 0) is 42.2 Å². The van der Waals surface area contributed by atoms with Crippen LogP contribution in [0.4, 0.5) is 14.9 Å². The number of carbonyl (C=O) groups is 2. The highest BCUT2D eigenvalue weighted by Crippen LogP contribution is 2.33. The number of nitrogens with one attached hydrogen (secondary N) is 2. The molecule has 7 heteroatoms. The first-order chi connectivity index (χ1) is 14.1. The zero-order valence-electron chi connectivity index (χ0n) is 16.0. The highest BCUT2D eigenvalue weighted by atomic mass is 19.1. The summed E-state index contributed by atoms with van der Waals surface area (Å²) in [6.45, 7) is 0.777. The van der Waals surface area contributed by atoms with Crippen LogP contribution in [-0.4, -0.2) is 25.7 Å². The summed E-state index contributed by atoms with van der Waals surface area (Å²) in [5.41, 5.74) is 3.36. The molecule has 2 aliphatic rings. The van der Waals surface area contributed by atoms with E-state index in [1.165, 1.54) is 24.8 Å². The molecule has 0 aromatic heterocycles. The summed E-state index contributed by atoms with van der Waals surface area (Å²) >= 11 is 0. The number of esters is 1. The molecule has 150 valence electrons. The van der Waals surface area contributed by atoms with Crippen LogP contribution in [0.3, 0.4) is 0 Å². The van der Waals surface area contributed by atoms with Crippen LogP contribution in [0.5, 0.6) is 0 Å². The SMILES string of the molecule is COC(=O)[C@H]1C(=CN2CCCc3ccccc32)NC(=O)N[C@H]1c1ccc(F)cc1. The highest BCUT2D eigenvalue weighted by Gasteiger charge is 2.40. The van der Waals surface area contributed by atoms with Crippen molar-refractivity contribution in [1.29, 1.82) is 0 Å². The molecule has 1 saturated heterocycles. The number of para-hydroxylation sites is 1. The molecule has 2 aromatic rings. The van der Waals surface area contributed by atoms with Crippen LogP contribution in [-0.2, 0) is 16.0 Å². The van der Waals surface area contributed by atoms with Crippen molar-refractivity contribution in [2.75, 3.05) is 18.6 Å². The number of amides is 2. The summed E-state index contributed by atoms with van der Waals surface area (Å²) in [5.74, 6) is -1.65. The number of hydrogen-bond donors (Lipinski definition) is 2. The number of ether oxygens (including phenoxy) is 1. The van der Waals surface area contributed by atoms with Gasteiger partial charge in [0.2, 0.25) is 0 Å². The van der Waals surface area contributed by atoms with E-state index in [0.29, 0.717) is 11.3 Å². The normalized spacial score (nSPS) is 22.5. The number of halogens is 1. The number of urea groups is 1. The maximum Gasteiger partial charge on any atom is 0.319 e. The van der Waals surface area contributed by atoms with Crippen LogP contribution in [0.1, 0.15) is 23.6 Å². The Morgan fingerprint density at radius 3 is 2.72 bits per heavy atom. The highest BCUT2D eigenvalue weighted by molar-refractivity contribution is 5.85. The third-order valence-corrected chi connectivity index (χ3v) is 5.34. The molecular formula is C22H22FN3O3. The van der Waals surface area contributed by atoms with Gasteiger partial charge in [-0.2, -0.15) is 0 Å². The summed E-state index contributed by atoms with van der Waals surface area (Å²) in [6.07, 6.45) is 3.77. The third-order valence-electron chi connectivity index (χ3n) is 5.34. The van der Waals surface area contributed by atoms with Gasteiger partial charge in [-0.25, -0.2) is 9.18 Å². The van der Waals surface area contributed by atoms with E-state index in [9.17, 15) is 14.0 Å². The number of carbonyl (C=O) groups excluding carboxylic acids is 2. The van der Waals surface area contributed by atoms with Crippen molar-refractivity contribution in [3.05, 3.63) is 77.4 Å². The first-order valence-electron chi connectivity index (χ1n) is 9.54. The van der Waals surface area contributed by atoms with Gasteiger partial charge in [-0.1, -0.05) is 30.3 Å². The minimum absolute atomic E-state index is 0.385. The topological polar surface area (TPSA) is 70.7 Å². The van der Waals surface area contributed by atoms with Crippen molar-refractivity contribution in [2.45, 2.75) is 18.9 Å². The number of benzene rings is 2. The van der Waals surface area contributed by atoms with Crippen LogP contribution < -0.4 is 15.5 Å². The van der Waals surface area contributed by atoms with Crippen LogP contribution >= 0.6 is 0 Å². The second-order valence-electron chi connectivity index (χ2n) is 7.14. The molecule has 0 radical (unpaired) electrons. The van der Waals surface area contributed by atoms with Gasteiger partial charge in [0.05, 0.1) is 18.8 Å². The fourth-order valence-corrected chi connectivity index (χ4v) is 3.96. The molecule has 6 nitrogen and oxygen atoms in total. The van der Waals surface area contributed by atoms with Crippen molar-refractivity contribution in [1.82, 2.24) is 10.6 Å². The number of nitrogens with zero attached hydrogens (tertiary/aromatic N) is 1. The number of methoxy groups -OCH3 is 1. The molecule has 2 atom stereocenters. The Balaban J connectivity index is 1.74. The van der Waals surface area contributed by atoms with Crippen molar-refractivity contribution in [3.8, 4) is 0 Å². The van der Waals surface area contributed by atoms with E-state index in [2.05, 4.69) is 21.6 Å². The average molecular weight is 395 g/mol. The summed E-state index contributed by atoms with van der Waals surface area (Å²) in [7, 11) is 1.31. The second-order valence-corrected chi connectivity index (χ2v) is 7.14. The molecule has 2 heterocycles. The van der Waals surface area contributed by atoms with Crippen LogP contribution in [0, 0.1) is 11.7 Å². The molecule has 2 N–H and O–H groups in total. The van der Waals surface area contributed by atoms with Gasteiger partial charge in [0.1, 0.15) is 11.7 Å². The summed E-state index contributed by atoms with van der Waals surface area (Å²) in [4.78, 5) is 27.1. The predicted molar refractivity (Wildman–Crippen MR) is 107 cm³/mol. The Kier molecular flexibility index (Phi) is 5.20. The van der Waals surface area contributed by atoms with Gasteiger partial charge in [-0.3, -0.25) is 4.79 Å². The third kappa shape index (κ3) is 3.81. The van der Waals surface area contributed by atoms with E-state index in [4.69, 9.17) is 4.74 Å². The first-order valence-corrected chi connectivity index (χ1v) is 9.54. The van der Waals surface area contributed by atoms with E-state index in [1.807, 2.05) is 24.4 Å². The van der Waals surface area contributed by atoms with Gasteiger partial charge in [0.25, 0.3) is 0 Å². The molecule has 2 aliphatic heterocycles. The van der Waals surface area contributed by atoms with E-state index in [-0.39, 0.29) is 5.82 Å². The lowest BCUT2D eigenvalue weighted by molar-refractivity contribution is -0.145. The van der Waals surface area contributed by atoms with E-state index in [0.717, 1.165) is 25.1 Å². The van der Waals surface area contributed by atoms with Gasteiger partial charge >= 0.3 is 12.0 Å². The Hall–Kier alpha value is -3.35. The fraction of sp³-hybridized carbons (Fsp3) is 0.273. The maximum absolute atomic E-state index is 13.4. The van der Waals surface area contributed by atoms with Crippen LogP contribution in [0.2, 0.25) is 0 Å². The largest absolute Gasteiger partial charge is 0.468 e. The zero-order valence-corrected chi connectivity index (χ0v) is 16.0. The Morgan fingerprint density at radius 2 is 1.97 bits per heavy atom. The zero-order chi connectivity index (χ0) is 20.4. The summed E-state index contributed by atoms with van der Waals surface area (Å²) in [6, 6.07) is 12.7. The molecule has 4 rings (SSSR count). The maximum atomic E-state index is 13.4. The Morgan fingerprint density at radius 1 is 1.21 bits per heavy atom. The minimum atomic E-state index is -0.780. The average Bonchev–Trinajstić information content (AvgIpc) is 2.74. The van der Waals surface area contributed by atoms with Crippen molar-refractivity contribution in [3.63, 3.8) is 0 Å². The van der Waals surface area contributed by atoms with E-state index >= 15 is 0 Å². The molecule has 0 aliphatic carbocycles. The molecule has 2 aromatic carbocycles. The standard InChI is InChI=1S/C22H22FN3O3/c1-29-21(27)19-17(13-26-12-4-6-14-5-2-3-7-18(14)26)24-22(28)25-20(19)15-8-10-16(23)11-9-15/h2-3,5,7-11,13,19-20H,4,6,12H2,1H3,(H2,24,25,28)/t19-,20-/m0/s1. The molecule has 2 amide bonds. The molecule has 0 bridgehead atoms. The molecule has 29 heavy (non-hydrogen) atoms. The van der Waals surface area contributed by atoms with Crippen LogP contribution in [0.25, 0.3) is 0 Å². The summed E-state index contributed by atoms with van der Waals surface area (Å²) < 4.78 is 18.4. The van der Waals surface area contributed by atoms with Crippen LogP contribution in [0.15, 0.2) is 60.4 Å². The quantitative estimate of drug-likeness (QED) is 0.783.